The van der Waals surface area contributed by atoms with Crippen molar-refractivity contribution in [2.75, 3.05) is 31.2 Å². The number of fused-ring (bicyclic) bond motifs is 3. The highest BCUT2D eigenvalue weighted by atomic mass is 35.5. The summed E-state index contributed by atoms with van der Waals surface area (Å²) in [5.74, 6) is -1.55. The summed E-state index contributed by atoms with van der Waals surface area (Å²) >= 11 is 1.02. The van der Waals surface area contributed by atoms with Crippen molar-refractivity contribution < 1.29 is 18.7 Å². The van der Waals surface area contributed by atoms with Crippen molar-refractivity contribution in [2.45, 2.75) is 23.2 Å². The van der Waals surface area contributed by atoms with Crippen molar-refractivity contribution in [2.24, 2.45) is 11.7 Å². The molecule has 1 fully saturated rings. The van der Waals surface area contributed by atoms with Gasteiger partial charge in [-0.3, -0.25) is 4.79 Å². The summed E-state index contributed by atoms with van der Waals surface area (Å²) in [5, 5.41) is 8.95. The highest BCUT2D eigenvalue weighted by molar-refractivity contribution is 8.00. The van der Waals surface area contributed by atoms with Crippen LogP contribution < -0.4 is 16.1 Å². The fourth-order valence-electron chi connectivity index (χ4n) is 3.87. The third kappa shape index (κ3) is 3.15. The van der Waals surface area contributed by atoms with Crippen molar-refractivity contribution in [3.8, 4) is 0 Å². The molecular formula is C18H20ClF2N3O3S. The Morgan fingerprint density at radius 3 is 2.57 bits per heavy atom. The first-order chi connectivity index (χ1) is 13.0. The Labute approximate surface area is 170 Å². The molecule has 2 aliphatic heterocycles. The number of nitrogens with zero attached hydrogens (tertiary/aromatic N) is 2. The maximum atomic E-state index is 14.8. The van der Waals surface area contributed by atoms with Crippen molar-refractivity contribution in [1.82, 2.24) is 4.57 Å². The lowest BCUT2D eigenvalue weighted by molar-refractivity contribution is 0.0689. The van der Waals surface area contributed by atoms with Gasteiger partial charge in [0.05, 0.1) is 16.2 Å². The Morgan fingerprint density at radius 2 is 2.00 bits per heavy atom. The second-order valence-corrected chi connectivity index (χ2v) is 8.06. The first-order valence-electron chi connectivity index (χ1n) is 8.79. The van der Waals surface area contributed by atoms with E-state index in [2.05, 4.69) is 0 Å². The van der Waals surface area contributed by atoms with E-state index < -0.39 is 34.8 Å². The van der Waals surface area contributed by atoms with Crippen molar-refractivity contribution in [3.05, 3.63) is 33.7 Å². The lowest BCUT2D eigenvalue weighted by atomic mass is 9.96. The minimum Gasteiger partial charge on any atom is -0.477 e. The van der Waals surface area contributed by atoms with Crippen molar-refractivity contribution in [1.29, 1.82) is 0 Å². The van der Waals surface area contributed by atoms with Crippen LogP contribution in [0.5, 0.6) is 0 Å². The van der Waals surface area contributed by atoms with Crippen LogP contribution in [0.1, 0.15) is 28.6 Å². The standard InChI is InChI=1S/C18H19F2N3O3S.ClH/c19-7-14-23-12-6-13(22-3-1-9(8-21)2-4-22)11(20)5-10(12)16(24)15(18(25)26)17(23)27-14;/h5-6,9,14H,1-4,7-8,21H2,(H,25,26);1H. The van der Waals surface area contributed by atoms with E-state index in [-0.39, 0.29) is 22.8 Å². The number of nitrogens with two attached hydrogens (primary N) is 1. The number of carbonyl (C=O) groups is 1. The number of aromatic nitrogens is 1. The molecule has 0 aliphatic carbocycles. The molecule has 152 valence electrons. The molecule has 0 spiro atoms. The van der Waals surface area contributed by atoms with Gasteiger partial charge in [0.15, 0.2) is 0 Å². The first-order valence-corrected chi connectivity index (χ1v) is 9.66. The number of pyridine rings is 1. The molecule has 0 bridgehead atoms. The van der Waals surface area contributed by atoms with Crippen LogP contribution in [0.4, 0.5) is 14.5 Å². The number of hydrogen-bond donors (Lipinski definition) is 2. The number of alkyl halides is 1. The van der Waals surface area contributed by atoms with Crippen LogP contribution in [0.15, 0.2) is 22.0 Å². The smallest absolute Gasteiger partial charge is 0.342 e. The maximum Gasteiger partial charge on any atom is 0.342 e. The first kappa shape index (κ1) is 20.9. The minimum absolute atomic E-state index is 0. The van der Waals surface area contributed by atoms with Crippen molar-refractivity contribution in [3.63, 3.8) is 0 Å². The summed E-state index contributed by atoms with van der Waals surface area (Å²) in [6.45, 7) is 1.19. The molecular weight excluding hydrogens is 412 g/mol. The number of hydrogen-bond acceptors (Lipinski definition) is 5. The molecule has 3 N–H and O–H groups in total. The van der Waals surface area contributed by atoms with Gasteiger partial charge < -0.3 is 20.3 Å². The van der Waals surface area contributed by atoms with Gasteiger partial charge in [0, 0.05) is 18.5 Å². The van der Waals surface area contributed by atoms with Gasteiger partial charge in [0.2, 0.25) is 5.43 Å². The van der Waals surface area contributed by atoms with E-state index >= 15 is 0 Å². The van der Waals surface area contributed by atoms with Gasteiger partial charge in [-0.25, -0.2) is 13.6 Å². The van der Waals surface area contributed by atoms with E-state index in [4.69, 9.17) is 5.73 Å². The normalized spacial score (nSPS) is 19.1. The van der Waals surface area contributed by atoms with Crippen LogP contribution in [-0.4, -0.2) is 42.0 Å². The molecule has 10 heteroatoms. The second kappa shape index (κ2) is 7.88. The number of halogens is 3. The Balaban J connectivity index is 0.00000225. The average molecular weight is 432 g/mol. The highest BCUT2D eigenvalue weighted by Crippen LogP contribution is 2.47. The molecule has 1 atom stereocenters. The summed E-state index contributed by atoms with van der Waals surface area (Å²) in [7, 11) is 0. The summed E-state index contributed by atoms with van der Waals surface area (Å²) in [6.07, 6.45) is 1.71. The molecule has 1 unspecified atom stereocenters. The minimum atomic E-state index is -1.39. The van der Waals surface area contributed by atoms with Crippen LogP contribution in [0, 0.1) is 11.7 Å². The van der Waals surface area contributed by atoms with Gasteiger partial charge in [0.1, 0.15) is 23.4 Å². The van der Waals surface area contributed by atoms with E-state index in [1.165, 1.54) is 4.57 Å². The molecule has 28 heavy (non-hydrogen) atoms. The Kier molecular flexibility index (Phi) is 5.88. The predicted molar refractivity (Wildman–Crippen MR) is 107 cm³/mol. The van der Waals surface area contributed by atoms with Crippen LogP contribution in [0.25, 0.3) is 10.9 Å². The predicted octanol–water partition coefficient (Wildman–Crippen LogP) is 3.01. The van der Waals surface area contributed by atoms with Crippen LogP contribution in [0.2, 0.25) is 0 Å². The van der Waals surface area contributed by atoms with Gasteiger partial charge in [-0.1, -0.05) is 11.8 Å². The topological polar surface area (TPSA) is 88.6 Å². The molecule has 0 saturated carbocycles. The van der Waals surface area contributed by atoms with Gasteiger partial charge in [-0.05, 0) is 37.4 Å². The molecule has 4 rings (SSSR count). The summed E-state index contributed by atoms with van der Waals surface area (Å²) < 4.78 is 29.6. The van der Waals surface area contributed by atoms with Crippen molar-refractivity contribution >= 4 is 46.7 Å². The van der Waals surface area contributed by atoms with Gasteiger partial charge in [-0.2, -0.15) is 0 Å². The molecule has 1 aromatic carbocycles. The molecule has 1 saturated heterocycles. The second-order valence-electron chi connectivity index (χ2n) is 6.90. The number of benzene rings is 1. The van der Waals surface area contributed by atoms with Crippen LogP contribution in [-0.2, 0) is 0 Å². The molecule has 2 aromatic rings. The number of anilines is 1. The molecule has 6 nitrogen and oxygen atoms in total. The Hall–Kier alpha value is -1.84. The highest BCUT2D eigenvalue weighted by Gasteiger charge is 2.35. The van der Waals surface area contributed by atoms with E-state index in [1.54, 1.807) is 6.07 Å². The van der Waals surface area contributed by atoms with Gasteiger partial charge in [-0.15, -0.1) is 12.4 Å². The molecule has 0 radical (unpaired) electrons. The maximum absolute atomic E-state index is 14.8. The van der Waals surface area contributed by atoms with E-state index in [9.17, 15) is 23.5 Å². The lowest BCUT2D eigenvalue weighted by Crippen LogP contribution is -2.37. The van der Waals surface area contributed by atoms with Crippen LogP contribution >= 0.6 is 24.2 Å². The molecule has 2 aliphatic rings. The SMILES string of the molecule is Cl.NCC1CCN(c2cc3c(cc2F)c(=O)c(C(=O)O)c2n3C(CF)S2)CC1. The molecule has 3 heterocycles. The van der Waals surface area contributed by atoms with E-state index in [0.29, 0.717) is 36.8 Å². The zero-order valence-electron chi connectivity index (χ0n) is 14.9. The number of carboxylic acid groups (broad SMARTS) is 1. The molecule has 0 amide bonds. The third-order valence-electron chi connectivity index (χ3n) is 5.40. The zero-order chi connectivity index (χ0) is 19.3. The third-order valence-corrected chi connectivity index (χ3v) is 6.63. The molecule has 1 aromatic heterocycles. The van der Waals surface area contributed by atoms with Gasteiger partial charge in [0.25, 0.3) is 0 Å². The lowest BCUT2D eigenvalue weighted by Gasteiger charge is -2.35. The largest absolute Gasteiger partial charge is 0.477 e. The number of rotatable bonds is 4. The Morgan fingerprint density at radius 1 is 1.32 bits per heavy atom. The van der Waals surface area contributed by atoms with Crippen LogP contribution in [0.3, 0.4) is 0 Å². The number of piperidine rings is 1. The van der Waals surface area contributed by atoms with Gasteiger partial charge >= 0.3 is 5.97 Å². The fourth-order valence-corrected chi connectivity index (χ4v) is 4.99. The number of thioether (sulfide) groups is 1. The monoisotopic (exact) mass is 431 g/mol. The Bertz CT molecular complexity index is 992. The van der Waals surface area contributed by atoms with E-state index in [1.807, 2.05) is 4.90 Å². The van der Waals surface area contributed by atoms with E-state index in [0.717, 1.165) is 30.7 Å². The average Bonchev–Trinajstić information content (AvgIpc) is 2.64. The summed E-state index contributed by atoms with van der Waals surface area (Å²) in [6, 6.07) is 2.63. The summed E-state index contributed by atoms with van der Waals surface area (Å²) in [5.41, 5.74) is 5.27. The summed E-state index contributed by atoms with van der Waals surface area (Å²) in [4.78, 5) is 26.0. The number of aromatic carboxylic acids is 1. The number of carboxylic acids is 1. The fraction of sp³-hybridized carbons (Fsp3) is 0.444. The quantitative estimate of drug-likeness (QED) is 0.773. The zero-order valence-corrected chi connectivity index (χ0v) is 16.5.